The van der Waals surface area contributed by atoms with Gasteiger partial charge >= 0.3 is 12.0 Å². The summed E-state index contributed by atoms with van der Waals surface area (Å²) in [6.45, 7) is 7.77. The molecule has 3 N–H and O–H groups in total. The van der Waals surface area contributed by atoms with Crippen molar-refractivity contribution in [1.29, 1.82) is 0 Å². The molecule has 1 saturated carbocycles. The summed E-state index contributed by atoms with van der Waals surface area (Å²) in [6.07, 6.45) is 3.21. The molecule has 2 amide bonds. The number of aliphatic carboxylic acids is 1. The van der Waals surface area contributed by atoms with Gasteiger partial charge in [0.1, 0.15) is 5.54 Å². The van der Waals surface area contributed by atoms with Crippen LogP contribution in [0.1, 0.15) is 53.4 Å². The van der Waals surface area contributed by atoms with E-state index >= 15 is 0 Å². The molecule has 0 aromatic heterocycles. The topological polar surface area (TPSA) is 78.4 Å². The fourth-order valence-electron chi connectivity index (χ4n) is 2.75. The largest absolute Gasteiger partial charge is 0.480 e. The van der Waals surface area contributed by atoms with Crippen LogP contribution in [0.2, 0.25) is 0 Å². The second-order valence-electron chi connectivity index (χ2n) is 6.01. The molecule has 0 heterocycles. The Kier molecular flexibility index (Phi) is 5.20. The van der Waals surface area contributed by atoms with Crippen LogP contribution in [-0.2, 0) is 4.79 Å². The predicted octanol–water partition coefficient (Wildman–Crippen LogP) is 2.36. The molecule has 1 aliphatic carbocycles. The Bertz CT molecular complexity index is 346. The highest BCUT2D eigenvalue weighted by molar-refractivity contribution is 5.85. The van der Waals surface area contributed by atoms with Gasteiger partial charge in [-0.25, -0.2) is 9.59 Å². The van der Waals surface area contributed by atoms with Crippen LogP contribution in [0.25, 0.3) is 0 Å². The van der Waals surface area contributed by atoms with E-state index < -0.39 is 11.5 Å². The van der Waals surface area contributed by atoms with Crippen molar-refractivity contribution in [2.75, 3.05) is 0 Å². The average molecular weight is 270 g/mol. The summed E-state index contributed by atoms with van der Waals surface area (Å²) in [7, 11) is 0. The van der Waals surface area contributed by atoms with Crippen molar-refractivity contribution >= 4 is 12.0 Å². The second kappa shape index (κ2) is 6.26. The van der Waals surface area contributed by atoms with Crippen molar-refractivity contribution in [2.24, 2.45) is 11.8 Å². The first-order chi connectivity index (χ1) is 8.80. The highest BCUT2D eigenvalue weighted by Crippen LogP contribution is 2.31. The molecule has 0 aromatic carbocycles. The Balaban J connectivity index is 2.56. The van der Waals surface area contributed by atoms with Crippen LogP contribution < -0.4 is 10.6 Å². The van der Waals surface area contributed by atoms with E-state index in [9.17, 15) is 14.7 Å². The van der Waals surface area contributed by atoms with E-state index in [1.54, 1.807) is 6.92 Å². The molecule has 110 valence electrons. The lowest BCUT2D eigenvalue weighted by Crippen LogP contribution is -2.56. The molecule has 1 rings (SSSR count). The zero-order valence-electron chi connectivity index (χ0n) is 12.3. The maximum absolute atomic E-state index is 12.0. The van der Waals surface area contributed by atoms with Crippen LogP contribution in [0.3, 0.4) is 0 Å². The van der Waals surface area contributed by atoms with Crippen LogP contribution in [-0.4, -0.2) is 28.7 Å². The first kappa shape index (κ1) is 15.8. The molecule has 0 radical (unpaired) electrons. The zero-order valence-corrected chi connectivity index (χ0v) is 12.3. The van der Waals surface area contributed by atoms with Gasteiger partial charge in [-0.3, -0.25) is 0 Å². The van der Waals surface area contributed by atoms with Crippen LogP contribution >= 0.6 is 0 Å². The number of hydrogen-bond acceptors (Lipinski definition) is 2. The Labute approximate surface area is 115 Å². The molecule has 0 saturated heterocycles. The van der Waals surface area contributed by atoms with E-state index in [0.717, 1.165) is 12.8 Å². The minimum Gasteiger partial charge on any atom is -0.480 e. The summed E-state index contributed by atoms with van der Waals surface area (Å²) in [6, 6.07) is -0.223. The molecule has 19 heavy (non-hydrogen) atoms. The van der Waals surface area contributed by atoms with E-state index in [1.807, 2.05) is 6.92 Å². The Morgan fingerprint density at radius 1 is 1.32 bits per heavy atom. The third kappa shape index (κ3) is 3.85. The van der Waals surface area contributed by atoms with Gasteiger partial charge in [0, 0.05) is 6.04 Å². The normalized spacial score (nSPS) is 29.6. The Morgan fingerprint density at radius 3 is 2.37 bits per heavy atom. The van der Waals surface area contributed by atoms with Gasteiger partial charge in [-0.2, -0.15) is 0 Å². The van der Waals surface area contributed by atoms with E-state index in [2.05, 4.69) is 24.5 Å². The average Bonchev–Trinajstić information content (AvgIpc) is 2.61. The van der Waals surface area contributed by atoms with Crippen LogP contribution in [0.4, 0.5) is 4.79 Å². The van der Waals surface area contributed by atoms with E-state index in [1.165, 1.54) is 0 Å². The molecule has 0 aromatic rings. The van der Waals surface area contributed by atoms with Gasteiger partial charge in [-0.1, -0.05) is 27.2 Å². The number of carbonyl (C=O) groups is 2. The van der Waals surface area contributed by atoms with Gasteiger partial charge in [0.05, 0.1) is 0 Å². The lowest BCUT2D eigenvalue weighted by Gasteiger charge is -2.28. The number of urea groups is 1. The standard InChI is InChI=1S/C14H26N2O3/c1-5-8-14(4,12(17)18)16-13(19)15-11-7-6-9(2)10(11)3/h9-11H,5-8H2,1-4H3,(H,17,18)(H2,15,16,19). The van der Waals surface area contributed by atoms with Crippen LogP contribution in [0.5, 0.6) is 0 Å². The summed E-state index contributed by atoms with van der Waals surface area (Å²) in [5.41, 5.74) is -1.19. The van der Waals surface area contributed by atoms with Gasteiger partial charge in [0.25, 0.3) is 0 Å². The molecule has 4 unspecified atom stereocenters. The first-order valence-electron chi connectivity index (χ1n) is 7.12. The van der Waals surface area contributed by atoms with Gasteiger partial charge in [0.2, 0.25) is 0 Å². The quantitative estimate of drug-likeness (QED) is 0.717. The minimum absolute atomic E-state index is 0.148. The van der Waals surface area contributed by atoms with E-state index in [4.69, 9.17) is 0 Å². The number of carbonyl (C=O) groups excluding carboxylic acids is 1. The molecule has 0 aliphatic heterocycles. The lowest BCUT2D eigenvalue weighted by atomic mass is 9.96. The van der Waals surface area contributed by atoms with Gasteiger partial charge in [-0.05, 0) is 38.0 Å². The summed E-state index contributed by atoms with van der Waals surface area (Å²) >= 11 is 0. The fraction of sp³-hybridized carbons (Fsp3) is 0.857. The molecule has 0 bridgehead atoms. The zero-order chi connectivity index (χ0) is 14.6. The number of carboxylic acids is 1. The van der Waals surface area contributed by atoms with Crippen molar-refractivity contribution in [1.82, 2.24) is 10.6 Å². The van der Waals surface area contributed by atoms with E-state index in [-0.39, 0.29) is 12.1 Å². The third-order valence-electron chi connectivity index (χ3n) is 4.39. The molecular weight excluding hydrogens is 244 g/mol. The third-order valence-corrected chi connectivity index (χ3v) is 4.39. The first-order valence-corrected chi connectivity index (χ1v) is 7.12. The molecule has 4 atom stereocenters. The maximum Gasteiger partial charge on any atom is 0.329 e. The maximum atomic E-state index is 12.0. The van der Waals surface area contributed by atoms with Crippen LogP contribution in [0, 0.1) is 11.8 Å². The molecule has 1 aliphatic rings. The SMILES string of the molecule is CCCC(C)(NC(=O)NC1CCC(C)C1C)C(=O)O. The monoisotopic (exact) mass is 270 g/mol. The van der Waals surface area contributed by atoms with Gasteiger partial charge in [0.15, 0.2) is 0 Å². The Morgan fingerprint density at radius 2 is 1.95 bits per heavy atom. The number of hydrogen-bond donors (Lipinski definition) is 3. The van der Waals surface area contributed by atoms with Gasteiger partial charge < -0.3 is 15.7 Å². The van der Waals surface area contributed by atoms with Gasteiger partial charge in [-0.15, -0.1) is 0 Å². The number of nitrogens with one attached hydrogen (secondary N) is 2. The number of rotatable bonds is 5. The highest BCUT2D eigenvalue weighted by Gasteiger charge is 2.36. The highest BCUT2D eigenvalue weighted by atomic mass is 16.4. The van der Waals surface area contributed by atoms with Crippen molar-refractivity contribution in [3.63, 3.8) is 0 Å². The summed E-state index contributed by atoms with van der Waals surface area (Å²) in [5.74, 6) is 0.0529. The van der Waals surface area contributed by atoms with Crippen molar-refractivity contribution < 1.29 is 14.7 Å². The van der Waals surface area contributed by atoms with E-state index in [0.29, 0.717) is 24.7 Å². The van der Waals surface area contributed by atoms with Crippen LogP contribution in [0.15, 0.2) is 0 Å². The fourth-order valence-corrected chi connectivity index (χ4v) is 2.75. The summed E-state index contributed by atoms with van der Waals surface area (Å²) < 4.78 is 0. The molecular formula is C14H26N2O3. The molecule has 5 nitrogen and oxygen atoms in total. The number of carboxylic acid groups (broad SMARTS) is 1. The summed E-state index contributed by atoms with van der Waals surface area (Å²) in [4.78, 5) is 23.2. The molecule has 1 fully saturated rings. The van der Waals surface area contributed by atoms with Crippen molar-refractivity contribution in [2.45, 2.75) is 65.0 Å². The summed E-state index contributed by atoms with van der Waals surface area (Å²) in [5, 5.41) is 14.7. The predicted molar refractivity (Wildman–Crippen MR) is 74.0 cm³/mol. The van der Waals surface area contributed by atoms with Crippen molar-refractivity contribution in [3.8, 4) is 0 Å². The minimum atomic E-state index is -1.19. The smallest absolute Gasteiger partial charge is 0.329 e. The molecule has 5 heteroatoms. The Hall–Kier alpha value is -1.26. The number of amides is 2. The lowest BCUT2D eigenvalue weighted by molar-refractivity contribution is -0.144. The molecule has 0 spiro atoms. The van der Waals surface area contributed by atoms with Crippen molar-refractivity contribution in [3.05, 3.63) is 0 Å². The second-order valence-corrected chi connectivity index (χ2v) is 6.01.